The van der Waals surface area contributed by atoms with Crippen LogP contribution in [0.25, 0.3) is 0 Å². The number of para-hydroxylation sites is 1. The summed E-state index contributed by atoms with van der Waals surface area (Å²) in [4.78, 5) is 14.5. The first kappa shape index (κ1) is 14.3. The fourth-order valence-corrected chi connectivity index (χ4v) is 3.92. The van der Waals surface area contributed by atoms with Gasteiger partial charge in [0.25, 0.3) is 0 Å². The fraction of sp³-hybridized carbons (Fsp3) is 0.350. The third-order valence-electron chi connectivity index (χ3n) is 5.13. The van der Waals surface area contributed by atoms with Crippen molar-refractivity contribution < 1.29 is 4.79 Å². The zero-order valence-corrected chi connectivity index (χ0v) is 13.3. The number of hydrogen-bond donors (Lipinski definition) is 1. The van der Waals surface area contributed by atoms with E-state index in [4.69, 9.17) is 0 Å². The Bertz CT molecular complexity index is 725. The van der Waals surface area contributed by atoms with Crippen LogP contribution in [-0.4, -0.2) is 19.1 Å². The first-order valence-electron chi connectivity index (χ1n) is 8.54. The highest BCUT2D eigenvalue weighted by molar-refractivity contribution is 5.94. The summed E-state index contributed by atoms with van der Waals surface area (Å²) in [6.07, 6.45) is 4.49. The summed E-state index contributed by atoms with van der Waals surface area (Å²) in [5.74, 6) is 0.446. The molecule has 0 spiro atoms. The maximum Gasteiger partial charge on any atom is 0.321 e. The Morgan fingerprint density at radius 2 is 1.83 bits per heavy atom. The van der Waals surface area contributed by atoms with Crippen molar-refractivity contribution in [2.24, 2.45) is 0 Å². The molecule has 2 amide bonds. The molecule has 0 bridgehead atoms. The summed E-state index contributed by atoms with van der Waals surface area (Å²) in [7, 11) is 0. The average molecular weight is 306 g/mol. The minimum Gasteiger partial charge on any atom is -0.337 e. The van der Waals surface area contributed by atoms with Gasteiger partial charge in [-0.15, -0.1) is 0 Å². The minimum absolute atomic E-state index is 0.0398. The van der Waals surface area contributed by atoms with E-state index in [1.54, 1.807) is 0 Å². The maximum atomic E-state index is 12.6. The second kappa shape index (κ2) is 6.07. The maximum absolute atomic E-state index is 12.6. The highest BCUT2D eigenvalue weighted by atomic mass is 16.2. The van der Waals surface area contributed by atoms with Crippen LogP contribution in [0.1, 0.15) is 35.4 Å². The smallest absolute Gasteiger partial charge is 0.321 e. The molecule has 1 aliphatic carbocycles. The molecule has 0 fully saturated rings. The molecular formula is C20H22N2O. The van der Waals surface area contributed by atoms with Crippen molar-refractivity contribution in [3.05, 3.63) is 65.2 Å². The van der Waals surface area contributed by atoms with Gasteiger partial charge in [-0.25, -0.2) is 4.79 Å². The normalized spacial score (nSPS) is 19.1. The number of carbonyl (C=O) groups excluding carboxylic acids is 1. The van der Waals surface area contributed by atoms with Crippen LogP contribution in [0.5, 0.6) is 0 Å². The van der Waals surface area contributed by atoms with E-state index in [1.807, 2.05) is 23.1 Å². The highest BCUT2D eigenvalue weighted by Gasteiger charge is 2.25. The van der Waals surface area contributed by atoms with Crippen LogP contribution in [0.4, 0.5) is 10.5 Å². The number of nitrogens with zero attached hydrogens (tertiary/aromatic N) is 1. The molecule has 1 N–H and O–H groups in total. The average Bonchev–Trinajstić information content (AvgIpc) is 3.04. The molecule has 3 heteroatoms. The van der Waals surface area contributed by atoms with Crippen molar-refractivity contribution in [3.8, 4) is 0 Å². The Balaban J connectivity index is 1.44. The molecule has 2 aromatic rings. The standard InChI is InChI=1S/C20H22N2O/c23-20(22-13-12-16-7-2-4-11-19(16)22)21-14-17-9-5-8-15-6-1-3-10-18(15)17/h1-4,6-7,10-11,17H,5,8-9,12-14H2,(H,21,23). The molecule has 0 radical (unpaired) electrons. The minimum atomic E-state index is 0.0398. The summed E-state index contributed by atoms with van der Waals surface area (Å²) < 4.78 is 0. The fourth-order valence-electron chi connectivity index (χ4n) is 3.92. The van der Waals surface area contributed by atoms with Gasteiger partial charge in [-0.1, -0.05) is 42.5 Å². The lowest BCUT2D eigenvalue weighted by atomic mass is 9.83. The topological polar surface area (TPSA) is 32.3 Å². The van der Waals surface area contributed by atoms with Gasteiger partial charge in [0, 0.05) is 24.7 Å². The van der Waals surface area contributed by atoms with E-state index in [2.05, 4.69) is 35.6 Å². The van der Waals surface area contributed by atoms with Gasteiger partial charge in [0.05, 0.1) is 0 Å². The molecule has 0 aromatic heterocycles. The van der Waals surface area contributed by atoms with Crippen LogP contribution in [0.15, 0.2) is 48.5 Å². The Morgan fingerprint density at radius 3 is 2.74 bits per heavy atom. The molecule has 2 aliphatic rings. The van der Waals surface area contributed by atoms with Gasteiger partial charge in [0.2, 0.25) is 0 Å². The molecule has 0 saturated heterocycles. The van der Waals surface area contributed by atoms with E-state index in [0.717, 1.165) is 31.6 Å². The SMILES string of the molecule is O=C(NCC1CCCc2ccccc21)N1CCc2ccccc21. The number of carbonyl (C=O) groups is 1. The third kappa shape index (κ3) is 2.72. The summed E-state index contributed by atoms with van der Waals surface area (Å²) in [6, 6.07) is 16.9. The zero-order chi connectivity index (χ0) is 15.6. The molecule has 118 valence electrons. The Morgan fingerprint density at radius 1 is 1.04 bits per heavy atom. The van der Waals surface area contributed by atoms with Crippen LogP contribution in [0.3, 0.4) is 0 Å². The summed E-state index contributed by atoms with van der Waals surface area (Å²) in [5.41, 5.74) is 5.20. The van der Waals surface area contributed by atoms with Gasteiger partial charge in [-0.3, -0.25) is 4.90 Å². The van der Waals surface area contributed by atoms with Crippen LogP contribution in [0.2, 0.25) is 0 Å². The van der Waals surface area contributed by atoms with Crippen molar-refractivity contribution >= 4 is 11.7 Å². The number of benzene rings is 2. The number of urea groups is 1. The Labute approximate surface area is 137 Å². The Kier molecular flexibility index (Phi) is 3.78. The van der Waals surface area contributed by atoms with Crippen molar-refractivity contribution in [2.45, 2.75) is 31.6 Å². The van der Waals surface area contributed by atoms with Crippen LogP contribution in [0, 0.1) is 0 Å². The van der Waals surface area contributed by atoms with E-state index in [0.29, 0.717) is 5.92 Å². The third-order valence-corrected chi connectivity index (χ3v) is 5.13. The predicted molar refractivity (Wildman–Crippen MR) is 93.0 cm³/mol. The van der Waals surface area contributed by atoms with Crippen molar-refractivity contribution in [2.75, 3.05) is 18.0 Å². The lowest BCUT2D eigenvalue weighted by Gasteiger charge is -2.27. The number of rotatable bonds is 2. The lowest BCUT2D eigenvalue weighted by Crippen LogP contribution is -2.41. The first-order chi connectivity index (χ1) is 11.3. The number of nitrogens with one attached hydrogen (secondary N) is 1. The van der Waals surface area contributed by atoms with Crippen LogP contribution in [-0.2, 0) is 12.8 Å². The second-order valence-electron chi connectivity index (χ2n) is 6.50. The number of anilines is 1. The molecular weight excluding hydrogens is 284 g/mol. The van der Waals surface area contributed by atoms with E-state index in [9.17, 15) is 4.79 Å². The van der Waals surface area contributed by atoms with Gasteiger partial charge in [0.15, 0.2) is 0 Å². The van der Waals surface area contributed by atoms with Gasteiger partial charge < -0.3 is 5.32 Å². The van der Waals surface area contributed by atoms with Gasteiger partial charge in [-0.2, -0.15) is 0 Å². The molecule has 2 aromatic carbocycles. The van der Waals surface area contributed by atoms with E-state index in [1.165, 1.54) is 29.5 Å². The van der Waals surface area contributed by atoms with E-state index in [-0.39, 0.29) is 6.03 Å². The zero-order valence-electron chi connectivity index (χ0n) is 13.3. The van der Waals surface area contributed by atoms with Crippen molar-refractivity contribution in [1.82, 2.24) is 5.32 Å². The number of amides is 2. The summed E-state index contributed by atoms with van der Waals surface area (Å²) in [6.45, 7) is 1.51. The number of aryl methyl sites for hydroxylation is 1. The molecule has 0 saturated carbocycles. The largest absolute Gasteiger partial charge is 0.337 e. The molecule has 1 atom stereocenters. The predicted octanol–water partition coefficient (Wildman–Crippen LogP) is 3.88. The molecule has 1 aliphatic heterocycles. The molecule has 1 heterocycles. The van der Waals surface area contributed by atoms with Gasteiger partial charge in [-0.05, 0) is 48.4 Å². The quantitative estimate of drug-likeness (QED) is 0.897. The molecule has 3 nitrogen and oxygen atoms in total. The number of fused-ring (bicyclic) bond motifs is 2. The summed E-state index contributed by atoms with van der Waals surface area (Å²) >= 11 is 0. The van der Waals surface area contributed by atoms with Crippen molar-refractivity contribution in [3.63, 3.8) is 0 Å². The van der Waals surface area contributed by atoms with Crippen molar-refractivity contribution in [1.29, 1.82) is 0 Å². The van der Waals surface area contributed by atoms with Crippen LogP contribution >= 0.6 is 0 Å². The van der Waals surface area contributed by atoms with E-state index < -0.39 is 0 Å². The van der Waals surface area contributed by atoms with E-state index >= 15 is 0 Å². The molecule has 4 rings (SSSR count). The van der Waals surface area contributed by atoms with Gasteiger partial charge in [0.1, 0.15) is 0 Å². The second-order valence-corrected chi connectivity index (χ2v) is 6.50. The first-order valence-corrected chi connectivity index (χ1v) is 8.54. The molecule has 1 unspecified atom stereocenters. The number of hydrogen-bond acceptors (Lipinski definition) is 1. The Hall–Kier alpha value is -2.29. The lowest BCUT2D eigenvalue weighted by molar-refractivity contribution is 0.245. The van der Waals surface area contributed by atoms with Gasteiger partial charge >= 0.3 is 6.03 Å². The monoisotopic (exact) mass is 306 g/mol. The van der Waals surface area contributed by atoms with Crippen LogP contribution < -0.4 is 10.2 Å². The molecule has 23 heavy (non-hydrogen) atoms. The highest BCUT2D eigenvalue weighted by Crippen LogP contribution is 2.31. The summed E-state index contributed by atoms with van der Waals surface area (Å²) in [5, 5.41) is 3.16.